The maximum atomic E-state index is 11.5. The van der Waals surface area contributed by atoms with Crippen molar-refractivity contribution < 1.29 is 19.4 Å². The number of aliphatic hydroxyl groups excluding tert-OH is 1. The van der Waals surface area contributed by atoms with Crippen LogP contribution in [0.2, 0.25) is 10.3 Å². The number of rotatable bonds is 6. The van der Waals surface area contributed by atoms with Gasteiger partial charge in [0.2, 0.25) is 11.2 Å². The van der Waals surface area contributed by atoms with E-state index in [4.69, 9.17) is 38.4 Å². The first-order valence-corrected chi connectivity index (χ1v) is 10.3. The number of amides is 1. The molecule has 4 N–H and O–H groups in total. The van der Waals surface area contributed by atoms with E-state index in [1.807, 2.05) is 18.2 Å². The van der Waals surface area contributed by atoms with E-state index >= 15 is 0 Å². The Balaban J connectivity index is 1.46. The molecule has 2 aromatic heterocycles. The van der Waals surface area contributed by atoms with Gasteiger partial charge in [-0.2, -0.15) is 9.97 Å². The summed E-state index contributed by atoms with van der Waals surface area (Å²) in [5.74, 6) is -0.150. The highest BCUT2D eigenvalue weighted by atomic mass is 35.5. The number of aliphatic hydroxyl groups is 1. The van der Waals surface area contributed by atoms with Gasteiger partial charge in [-0.05, 0) is 29.3 Å². The third kappa shape index (κ3) is 3.50. The fourth-order valence-electron chi connectivity index (χ4n) is 4.10. The van der Waals surface area contributed by atoms with Crippen molar-refractivity contribution in [2.24, 2.45) is 5.73 Å². The molecular weight excluding hydrogens is 447 g/mol. The molecule has 2 bridgehead atoms. The van der Waals surface area contributed by atoms with E-state index in [1.165, 1.54) is 6.33 Å². The molecule has 4 atom stereocenters. The standard InChI is InChI=1S/C19H18Cl2N6O4/c20-10-3-1-2-9(4-10)6-23-15-12-16(26-18(21)25-15)27(8-24-12)17-13-14(29)19(31-17,7-30-13)5-11(22)28/h1-4,8,13-14,17,29H,5-7H2,(H2,22,28)(H,23,25,26)/t13-,14+,17-,19-/m1/s1. The number of carbonyl (C=O) groups excluding carboxylic acids is 1. The van der Waals surface area contributed by atoms with Crippen molar-refractivity contribution in [2.75, 3.05) is 11.9 Å². The van der Waals surface area contributed by atoms with Gasteiger partial charge in [0.1, 0.15) is 17.8 Å². The molecule has 4 heterocycles. The molecule has 2 fully saturated rings. The van der Waals surface area contributed by atoms with Gasteiger partial charge in [-0.25, -0.2) is 4.98 Å². The molecule has 0 radical (unpaired) electrons. The molecule has 2 aliphatic rings. The van der Waals surface area contributed by atoms with Crippen LogP contribution in [0.1, 0.15) is 18.2 Å². The van der Waals surface area contributed by atoms with E-state index in [1.54, 1.807) is 10.6 Å². The van der Waals surface area contributed by atoms with Crippen molar-refractivity contribution in [2.45, 2.75) is 37.0 Å². The molecule has 2 saturated heterocycles. The van der Waals surface area contributed by atoms with Gasteiger partial charge in [-0.3, -0.25) is 9.36 Å². The van der Waals surface area contributed by atoms with Gasteiger partial charge in [0.05, 0.1) is 19.4 Å². The van der Waals surface area contributed by atoms with Crippen LogP contribution in [-0.2, 0) is 20.8 Å². The Morgan fingerprint density at radius 1 is 1.39 bits per heavy atom. The largest absolute Gasteiger partial charge is 0.387 e. The molecule has 12 heteroatoms. The van der Waals surface area contributed by atoms with Gasteiger partial charge >= 0.3 is 0 Å². The molecule has 31 heavy (non-hydrogen) atoms. The Bertz CT molecular complexity index is 1170. The molecule has 162 valence electrons. The molecule has 3 aromatic rings. The number of halogens is 2. The molecule has 1 amide bonds. The number of nitrogens with one attached hydrogen (secondary N) is 1. The summed E-state index contributed by atoms with van der Waals surface area (Å²) < 4.78 is 13.4. The summed E-state index contributed by atoms with van der Waals surface area (Å²) in [6.45, 7) is 0.523. The number of nitrogens with two attached hydrogens (primary N) is 1. The first-order chi connectivity index (χ1) is 14.9. The third-order valence-corrected chi connectivity index (χ3v) is 5.90. The Labute approximate surface area is 186 Å². The zero-order chi connectivity index (χ0) is 21.8. The fourth-order valence-corrected chi connectivity index (χ4v) is 4.48. The summed E-state index contributed by atoms with van der Waals surface area (Å²) in [5.41, 5.74) is 5.97. The lowest BCUT2D eigenvalue weighted by molar-refractivity contribution is -0.177. The van der Waals surface area contributed by atoms with Gasteiger partial charge in [0, 0.05) is 11.6 Å². The normalized spacial score (nSPS) is 27.1. The lowest BCUT2D eigenvalue weighted by atomic mass is 9.95. The number of benzene rings is 1. The summed E-state index contributed by atoms with van der Waals surface area (Å²) in [6.07, 6.45) is -1.11. The smallest absolute Gasteiger partial charge is 0.226 e. The number of nitrogens with zero attached hydrogens (tertiary/aromatic N) is 4. The van der Waals surface area contributed by atoms with Gasteiger partial charge in [0.15, 0.2) is 23.2 Å². The van der Waals surface area contributed by atoms with Crippen LogP contribution in [-0.4, -0.2) is 54.9 Å². The van der Waals surface area contributed by atoms with Crippen molar-refractivity contribution in [3.63, 3.8) is 0 Å². The number of hydrogen-bond acceptors (Lipinski definition) is 8. The lowest BCUT2D eigenvalue weighted by Crippen LogP contribution is -2.44. The Kier molecular flexibility index (Phi) is 4.98. The molecule has 0 aliphatic carbocycles. The number of hydrogen-bond donors (Lipinski definition) is 3. The monoisotopic (exact) mass is 464 g/mol. The molecular formula is C19H18Cl2N6O4. The van der Waals surface area contributed by atoms with Crippen LogP contribution in [0.4, 0.5) is 5.82 Å². The van der Waals surface area contributed by atoms with Crippen LogP contribution < -0.4 is 11.1 Å². The van der Waals surface area contributed by atoms with Crippen molar-refractivity contribution in [1.82, 2.24) is 19.5 Å². The summed E-state index contributed by atoms with van der Waals surface area (Å²) in [6, 6.07) is 7.42. The highest BCUT2D eigenvalue weighted by molar-refractivity contribution is 6.30. The second-order valence-electron chi connectivity index (χ2n) is 7.59. The Morgan fingerprint density at radius 2 is 2.23 bits per heavy atom. The number of ether oxygens (including phenoxy) is 2. The molecule has 2 aliphatic heterocycles. The summed E-state index contributed by atoms with van der Waals surface area (Å²) in [4.78, 5) is 24.4. The van der Waals surface area contributed by atoms with Crippen molar-refractivity contribution >= 4 is 46.1 Å². The van der Waals surface area contributed by atoms with Crippen molar-refractivity contribution in [3.8, 4) is 0 Å². The van der Waals surface area contributed by atoms with E-state index < -0.39 is 29.9 Å². The quantitative estimate of drug-likeness (QED) is 0.468. The molecule has 5 rings (SSSR count). The summed E-state index contributed by atoms with van der Waals surface area (Å²) >= 11 is 12.2. The molecule has 0 spiro atoms. The number of aromatic nitrogens is 4. The minimum Gasteiger partial charge on any atom is -0.387 e. The minimum absolute atomic E-state index is 0.0133. The molecule has 0 unspecified atom stereocenters. The van der Waals surface area contributed by atoms with Gasteiger partial charge < -0.3 is 25.6 Å². The molecule has 1 aromatic carbocycles. The van der Waals surface area contributed by atoms with Crippen LogP contribution in [0.15, 0.2) is 30.6 Å². The van der Waals surface area contributed by atoms with Crippen LogP contribution in [0.5, 0.6) is 0 Å². The first kappa shape index (κ1) is 20.4. The van der Waals surface area contributed by atoms with Gasteiger partial charge in [-0.1, -0.05) is 23.7 Å². The van der Waals surface area contributed by atoms with Crippen molar-refractivity contribution in [1.29, 1.82) is 0 Å². The van der Waals surface area contributed by atoms with Crippen LogP contribution in [0, 0.1) is 0 Å². The topological polar surface area (TPSA) is 137 Å². The molecule has 10 nitrogen and oxygen atoms in total. The first-order valence-electron chi connectivity index (χ1n) is 9.50. The van der Waals surface area contributed by atoms with Crippen molar-refractivity contribution in [3.05, 3.63) is 46.5 Å². The van der Waals surface area contributed by atoms with E-state index in [9.17, 15) is 9.90 Å². The average Bonchev–Trinajstić information content (AvgIpc) is 3.34. The number of imidazole rings is 1. The number of primary amides is 1. The number of carbonyl (C=O) groups is 1. The van der Waals surface area contributed by atoms with Crippen LogP contribution in [0.3, 0.4) is 0 Å². The second-order valence-corrected chi connectivity index (χ2v) is 8.36. The zero-order valence-electron chi connectivity index (χ0n) is 16.0. The molecule has 0 saturated carbocycles. The summed E-state index contributed by atoms with van der Waals surface area (Å²) in [5, 5.41) is 14.5. The van der Waals surface area contributed by atoms with Gasteiger partial charge in [-0.15, -0.1) is 0 Å². The SMILES string of the molecule is NC(=O)C[C@]12CO[C@@H]([C@H](n3cnc4c(NCc5cccc(Cl)c5)nc(Cl)nc43)O1)[C@@H]2O. The van der Waals surface area contributed by atoms with Crippen LogP contribution >= 0.6 is 23.2 Å². The van der Waals surface area contributed by atoms with E-state index in [2.05, 4.69) is 20.3 Å². The Morgan fingerprint density at radius 3 is 3.00 bits per heavy atom. The minimum atomic E-state index is -1.19. The maximum absolute atomic E-state index is 11.5. The van der Waals surface area contributed by atoms with Gasteiger partial charge in [0.25, 0.3) is 0 Å². The number of fused-ring (bicyclic) bond motifs is 3. The average molecular weight is 465 g/mol. The zero-order valence-corrected chi connectivity index (χ0v) is 17.5. The predicted molar refractivity (Wildman–Crippen MR) is 112 cm³/mol. The van der Waals surface area contributed by atoms with E-state index in [0.29, 0.717) is 28.5 Å². The highest BCUT2D eigenvalue weighted by Crippen LogP contribution is 2.47. The summed E-state index contributed by atoms with van der Waals surface area (Å²) in [7, 11) is 0. The maximum Gasteiger partial charge on any atom is 0.226 e. The Hall–Kier alpha value is -2.50. The number of anilines is 1. The second kappa shape index (κ2) is 7.57. The predicted octanol–water partition coefficient (Wildman–Crippen LogP) is 1.65. The third-order valence-electron chi connectivity index (χ3n) is 5.50. The van der Waals surface area contributed by atoms with E-state index in [-0.39, 0.29) is 18.3 Å². The highest BCUT2D eigenvalue weighted by Gasteiger charge is 2.62. The van der Waals surface area contributed by atoms with E-state index in [0.717, 1.165) is 5.56 Å². The van der Waals surface area contributed by atoms with Crippen LogP contribution in [0.25, 0.3) is 11.2 Å². The fraction of sp³-hybridized carbons (Fsp3) is 0.368. The lowest BCUT2D eigenvalue weighted by Gasteiger charge is -2.30.